The van der Waals surface area contributed by atoms with E-state index in [4.69, 9.17) is 11.6 Å². The molecule has 0 bridgehead atoms. The Morgan fingerprint density at radius 1 is 1.50 bits per heavy atom. The first kappa shape index (κ1) is 13.7. The van der Waals surface area contributed by atoms with E-state index in [1.807, 2.05) is 7.05 Å². The van der Waals surface area contributed by atoms with Gasteiger partial charge in [-0.1, -0.05) is 11.6 Å². The maximum atomic E-state index is 11.9. The van der Waals surface area contributed by atoms with E-state index in [1.54, 1.807) is 0 Å². The summed E-state index contributed by atoms with van der Waals surface area (Å²) in [6, 6.07) is 3.54. The maximum absolute atomic E-state index is 11.9. The highest BCUT2D eigenvalue weighted by Crippen LogP contribution is 2.24. The first-order valence-electron chi connectivity index (χ1n) is 5.80. The number of sulfonamides is 1. The lowest BCUT2D eigenvalue weighted by Crippen LogP contribution is -2.34. The molecule has 2 rings (SSSR count). The fourth-order valence-corrected chi connectivity index (χ4v) is 2.74. The standard InChI is InChI=1S/C11H16ClN3O2S/c1-15(9-2-3-9)7-6-14-18(16,17)10-4-5-11(12)13-8-10/h4-5,8-9,14H,2-3,6-7H2,1H3. The number of nitrogens with one attached hydrogen (secondary N) is 1. The Morgan fingerprint density at radius 3 is 2.78 bits per heavy atom. The van der Waals surface area contributed by atoms with Crippen LogP contribution in [0.5, 0.6) is 0 Å². The van der Waals surface area contributed by atoms with Crippen LogP contribution in [0.3, 0.4) is 0 Å². The number of likely N-dealkylation sites (N-methyl/N-ethyl adjacent to an activating group) is 1. The van der Waals surface area contributed by atoms with Gasteiger partial charge in [-0.15, -0.1) is 0 Å². The van der Waals surface area contributed by atoms with Crippen LogP contribution in [0.1, 0.15) is 12.8 Å². The van der Waals surface area contributed by atoms with E-state index in [0.717, 1.165) is 0 Å². The summed E-state index contributed by atoms with van der Waals surface area (Å²) >= 11 is 5.62. The van der Waals surface area contributed by atoms with Gasteiger partial charge in [-0.2, -0.15) is 0 Å². The van der Waals surface area contributed by atoms with E-state index >= 15 is 0 Å². The monoisotopic (exact) mass is 289 g/mol. The van der Waals surface area contributed by atoms with E-state index < -0.39 is 10.0 Å². The lowest BCUT2D eigenvalue weighted by Gasteiger charge is -2.15. The van der Waals surface area contributed by atoms with Crippen LogP contribution in [0.15, 0.2) is 23.2 Å². The average molecular weight is 290 g/mol. The van der Waals surface area contributed by atoms with Crippen LogP contribution < -0.4 is 4.72 Å². The van der Waals surface area contributed by atoms with E-state index in [0.29, 0.717) is 19.1 Å². The van der Waals surface area contributed by atoms with Crippen molar-refractivity contribution in [2.24, 2.45) is 0 Å². The molecule has 1 saturated carbocycles. The van der Waals surface area contributed by atoms with Gasteiger partial charge >= 0.3 is 0 Å². The third kappa shape index (κ3) is 3.65. The van der Waals surface area contributed by atoms with Gasteiger partial charge in [0, 0.05) is 25.3 Å². The maximum Gasteiger partial charge on any atom is 0.242 e. The molecule has 0 saturated heterocycles. The van der Waals surface area contributed by atoms with Crippen molar-refractivity contribution in [3.63, 3.8) is 0 Å². The predicted octanol–water partition coefficient (Wildman–Crippen LogP) is 1.11. The second-order valence-electron chi connectivity index (χ2n) is 4.43. The van der Waals surface area contributed by atoms with Gasteiger partial charge < -0.3 is 4.90 Å². The summed E-state index contributed by atoms with van der Waals surface area (Å²) < 4.78 is 26.4. The zero-order valence-corrected chi connectivity index (χ0v) is 11.7. The van der Waals surface area contributed by atoms with Gasteiger partial charge in [0.05, 0.1) is 0 Å². The minimum atomic E-state index is -3.48. The van der Waals surface area contributed by atoms with E-state index in [-0.39, 0.29) is 10.0 Å². The van der Waals surface area contributed by atoms with Crippen LogP contribution >= 0.6 is 11.6 Å². The summed E-state index contributed by atoms with van der Waals surface area (Å²) in [6.07, 6.45) is 3.68. The molecule has 0 aliphatic heterocycles. The molecule has 1 N–H and O–H groups in total. The molecule has 5 nitrogen and oxygen atoms in total. The van der Waals surface area contributed by atoms with Gasteiger partial charge in [0.15, 0.2) is 0 Å². The molecule has 1 heterocycles. The highest BCUT2D eigenvalue weighted by Gasteiger charge is 2.25. The number of pyridine rings is 1. The molecular formula is C11H16ClN3O2S. The molecule has 18 heavy (non-hydrogen) atoms. The second-order valence-corrected chi connectivity index (χ2v) is 6.58. The van der Waals surface area contributed by atoms with Gasteiger partial charge in [-0.25, -0.2) is 18.1 Å². The molecule has 1 aliphatic rings. The molecule has 1 fully saturated rings. The van der Waals surface area contributed by atoms with Crippen molar-refractivity contribution in [2.45, 2.75) is 23.8 Å². The molecule has 0 amide bonds. The highest BCUT2D eigenvalue weighted by atomic mass is 35.5. The second kappa shape index (κ2) is 5.52. The Bertz CT molecular complexity index is 500. The third-order valence-electron chi connectivity index (χ3n) is 2.94. The summed E-state index contributed by atoms with van der Waals surface area (Å²) in [5.41, 5.74) is 0. The fraction of sp³-hybridized carbons (Fsp3) is 0.545. The summed E-state index contributed by atoms with van der Waals surface area (Å²) in [5.74, 6) is 0. The Kier molecular flexibility index (Phi) is 4.21. The number of halogens is 1. The molecule has 1 aromatic rings. The van der Waals surface area contributed by atoms with Crippen molar-refractivity contribution in [2.75, 3.05) is 20.1 Å². The molecule has 1 aliphatic carbocycles. The zero-order valence-electron chi connectivity index (χ0n) is 10.1. The molecule has 7 heteroatoms. The molecule has 0 radical (unpaired) electrons. The van der Waals surface area contributed by atoms with Crippen molar-refractivity contribution in [3.8, 4) is 0 Å². The third-order valence-corrected chi connectivity index (χ3v) is 4.61. The summed E-state index contributed by atoms with van der Waals surface area (Å²) in [6.45, 7) is 1.11. The largest absolute Gasteiger partial charge is 0.302 e. The first-order valence-corrected chi connectivity index (χ1v) is 7.66. The Balaban J connectivity index is 1.88. The van der Waals surface area contributed by atoms with Crippen molar-refractivity contribution in [1.82, 2.24) is 14.6 Å². The molecule has 1 aromatic heterocycles. The molecule has 0 spiro atoms. The average Bonchev–Trinajstić information content (AvgIpc) is 3.13. The quantitative estimate of drug-likeness (QED) is 0.797. The van der Waals surface area contributed by atoms with Crippen LogP contribution in [0, 0.1) is 0 Å². The molecule has 0 aromatic carbocycles. The van der Waals surface area contributed by atoms with Crippen LogP contribution in [0.25, 0.3) is 0 Å². The SMILES string of the molecule is CN(CCNS(=O)(=O)c1ccc(Cl)nc1)C1CC1. The smallest absolute Gasteiger partial charge is 0.242 e. The van der Waals surface area contributed by atoms with E-state index in [1.165, 1.54) is 31.2 Å². The topological polar surface area (TPSA) is 62.3 Å². The first-order chi connectivity index (χ1) is 8.49. The number of nitrogens with zero attached hydrogens (tertiary/aromatic N) is 2. The number of hydrogen-bond acceptors (Lipinski definition) is 4. The minimum absolute atomic E-state index is 0.140. The van der Waals surface area contributed by atoms with Crippen molar-refractivity contribution < 1.29 is 8.42 Å². The normalized spacial score (nSPS) is 16.2. The highest BCUT2D eigenvalue weighted by molar-refractivity contribution is 7.89. The number of rotatable bonds is 6. The summed E-state index contributed by atoms with van der Waals surface area (Å²) in [5, 5.41) is 0.280. The molecular weight excluding hydrogens is 274 g/mol. The van der Waals surface area contributed by atoms with Gasteiger partial charge in [-0.05, 0) is 32.0 Å². The Morgan fingerprint density at radius 2 is 2.22 bits per heavy atom. The van der Waals surface area contributed by atoms with Crippen LogP contribution in [-0.4, -0.2) is 44.5 Å². The van der Waals surface area contributed by atoms with Crippen LogP contribution in [0.4, 0.5) is 0 Å². The van der Waals surface area contributed by atoms with Gasteiger partial charge in [0.1, 0.15) is 10.0 Å². The van der Waals surface area contributed by atoms with E-state index in [9.17, 15) is 8.42 Å². The van der Waals surface area contributed by atoms with Crippen LogP contribution in [0.2, 0.25) is 5.15 Å². The zero-order chi connectivity index (χ0) is 13.2. The minimum Gasteiger partial charge on any atom is -0.302 e. The Hall–Kier alpha value is -0.690. The number of aromatic nitrogens is 1. The van der Waals surface area contributed by atoms with Gasteiger partial charge in [-0.3, -0.25) is 0 Å². The van der Waals surface area contributed by atoms with Gasteiger partial charge in [0.2, 0.25) is 10.0 Å². The van der Waals surface area contributed by atoms with Crippen molar-refractivity contribution in [1.29, 1.82) is 0 Å². The summed E-state index contributed by atoms with van der Waals surface area (Å²) in [7, 11) is -1.47. The van der Waals surface area contributed by atoms with E-state index in [2.05, 4.69) is 14.6 Å². The van der Waals surface area contributed by atoms with Crippen molar-refractivity contribution in [3.05, 3.63) is 23.5 Å². The summed E-state index contributed by atoms with van der Waals surface area (Å²) in [4.78, 5) is 6.07. The fourth-order valence-electron chi connectivity index (χ4n) is 1.66. The van der Waals surface area contributed by atoms with Gasteiger partial charge in [0.25, 0.3) is 0 Å². The lowest BCUT2D eigenvalue weighted by atomic mass is 10.5. The molecule has 100 valence electrons. The van der Waals surface area contributed by atoms with Crippen LogP contribution in [-0.2, 0) is 10.0 Å². The number of hydrogen-bond donors (Lipinski definition) is 1. The molecule has 0 atom stereocenters. The lowest BCUT2D eigenvalue weighted by molar-refractivity contribution is 0.329. The van der Waals surface area contributed by atoms with Crippen molar-refractivity contribution >= 4 is 21.6 Å². The Labute approximate surface area is 112 Å². The predicted molar refractivity (Wildman–Crippen MR) is 70.1 cm³/mol. The molecule has 0 unspecified atom stereocenters.